The Morgan fingerprint density at radius 2 is 1.44 bits per heavy atom. The predicted molar refractivity (Wildman–Crippen MR) is 167 cm³/mol. The monoisotopic (exact) mass is 631 g/mol. The van der Waals surface area contributed by atoms with Gasteiger partial charge in [-0.2, -0.15) is 15.0 Å². The Labute approximate surface area is 260 Å². The number of β-amino-alcohol motifs (C(OH)–C–C–N with tert-alkyl or cyclic N) is 2. The molecule has 15 heteroatoms. The summed E-state index contributed by atoms with van der Waals surface area (Å²) in [6.07, 6.45) is -0.817. The molecule has 0 bridgehead atoms. The molecule has 3 aromatic rings. The number of carbonyl (C=O) groups is 2. The van der Waals surface area contributed by atoms with Gasteiger partial charge >= 0.3 is 0 Å². The number of nitrogens with zero attached hydrogens (tertiary/aromatic N) is 5. The van der Waals surface area contributed by atoms with E-state index in [0.717, 1.165) is 0 Å². The van der Waals surface area contributed by atoms with Gasteiger partial charge in [0.25, 0.3) is 0 Å². The molecule has 0 radical (unpaired) electrons. The topological polar surface area (TPSA) is 196 Å². The fourth-order valence-corrected chi connectivity index (χ4v) is 5.30. The second-order valence-corrected chi connectivity index (χ2v) is 11.1. The number of aliphatic hydroxyl groups is 2. The number of aliphatic hydroxyl groups excluding tert-OH is 2. The highest BCUT2D eigenvalue weighted by Gasteiger charge is 2.29. The zero-order valence-corrected chi connectivity index (χ0v) is 24.8. The number of halogens is 2. The van der Waals surface area contributed by atoms with Crippen LogP contribution in [0.3, 0.4) is 0 Å². The van der Waals surface area contributed by atoms with Crippen LogP contribution >= 0.6 is 24.0 Å². The molecule has 1 amide bonds. The summed E-state index contributed by atoms with van der Waals surface area (Å²) in [6, 6.07) is 13.1. The van der Waals surface area contributed by atoms with Gasteiger partial charge in [0.05, 0.1) is 29.3 Å². The minimum atomic E-state index is -0.723. The van der Waals surface area contributed by atoms with Crippen molar-refractivity contribution in [2.45, 2.75) is 43.6 Å². The van der Waals surface area contributed by atoms with Crippen LogP contribution in [0.25, 0.3) is 0 Å². The van der Waals surface area contributed by atoms with Gasteiger partial charge in [-0.25, -0.2) is 0 Å². The predicted octanol–water partition coefficient (Wildman–Crippen LogP) is 1.70. The van der Waals surface area contributed by atoms with Crippen molar-refractivity contribution < 1.29 is 19.8 Å². The van der Waals surface area contributed by atoms with Gasteiger partial charge in [0.2, 0.25) is 23.8 Å². The molecule has 0 saturated carbocycles. The maximum Gasteiger partial charge on any atom is 0.233 e. The fourth-order valence-electron chi connectivity index (χ4n) is 5.12. The number of benzene rings is 2. The summed E-state index contributed by atoms with van der Waals surface area (Å²) in [5, 5.41) is 26.6. The van der Waals surface area contributed by atoms with Gasteiger partial charge in [0.1, 0.15) is 0 Å². The lowest BCUT2D eigenvalue weighted by Crippen LogP contribution is -2.53. The molecule has 230 valence electrons. The van der Waals surface area contributed by atoms with Crippen LogP contribution < -0.4 is 31.9 Å². The molecular formula is C28H35Cl2N9O4. The first-order valence-corrected chi connectivity index (χ1v) is 14.1. The number of piperidine rings is 2. The summed E-state index contributed by atoms with van der Waals surface area (Å²) < 4.78 is 0. The Bertz CT molecular complexity index is 1370. The number of Topliss-reactive ketones (excluding diaryl/α,β-unsaturated/α-hetero) is 1. The normalized spacial score (nSPS) is 22.0. The number of nitrogens with two attached hydrogens (primary N) is 2. The molecule has 2 aliphatic rings. The number of ketones is 1. The average Bonchev–Trinajstić information content (AvgIpc) is 2.93. The van der Waals surface area contributed by atoms with Gasteiger partial charge < -0.3 is 42.1 Å². The smallest absolute Gasteiger partial charge is 0.233 e. The average molecular weight is 633 g/mol. The van der Waals surface area contributed by atoms with E-state index in [-0.39, 0.29) is 62.2 Å². The molecule has 0 aliphatic carbocycles. The van der Waals surface area contributed by atoms with Crippen LogP contribution in [0, 0.1) is 0 Å². The maximum absolute atomic E-state index is 12.7. The Morgan fingerprint density at radius 3 is 2.05 bits per heavy atom. The highest BCUT2D eigenvalue weighted by Crippen LogP contribution is 2.25. The zero-order valence-electron chi connectivity index (χ0n) is 23.3. The largest absolute Gasteiger partial charge is 0.391 e. The second-order valence-electron chi connectivity index (χ2n) is 10.7. The second kappa shape index (κ2) is 14.3. The van der Waals surface area contributed by atoms with Crippen LogP contribution in [-0.4, -0.2) is 87.3 Å². The molecule has 2 aromatic carbocycles. The van der Waals surface area contributed by atoms with E-state index in [4.69, 9.17) is 23.1 Å². The number of carbonyl (C=O) groups excluding carboxylic acids is 2. The SMILES string of the molecule is Cl.N[C@@H]1C[C@H](N)CN(c2nc(Nc3ccc(C(=O)CC(=O)Nc4ccccc4Cl)cc3)nc(N3C[C@H](O)C[C@H](O)C3)n2)C1. The van der Waals surface area contributed by atoms with Crippen LogP contribution in [0.1, 0.15) is 29.6 Å². The number of hydrogen-bond donors (Lipinski definition) is 6. The van der Waals surface area contributed by atoms with Crippen molar-refractivity contribution in [3.8, 4) is 0 Å². The van der Waals surface area contributed by atoms with Crippen molar-refractivity contribution in [3.05, 3.63) is 59.1 Å². The molecule has 13 nitrogen and oxygen atoms in total. The van der Waals surface area contributed by atoms with Crippen LogP contribution in [0.4, 0.5) is 29.2 Å². The number of hydrogen-bond acceptors (Lipinski definition) is 12. The van der Waals surface area contributed by atoms with Crippen LogP contribution in [0.2, 0.25) is 5.02 Å². The highest BCUT2D eigenvalue weighted by atomic mass is 35.5. The van der Waals surface area contributed by atoms with E-state index in [1.807, 2.05) is 4.90 Å². The molecule has 5 rings (SSSR count). The van der Waals surface area contributed by atoms with Crippen molar-refractivity contribution >= 4 is 64.9 Å². The molecular weight excluding hydrogens is 597 g/mol. The molecule has 2 saturated heterocycles. The zero-order chi connectivity index (χ0) is 29.8. The molecule has 3 heterocycles. The van der Waals surface area contributed by atoms with Crippen LogP contribution in [-0.2, 0) is 4.79 Å². The summed E-state index contributed by atoms with van der Waals surface area (Å²) in [6.45, 7) is 1.56. The molecule has 0 unspecified atom stereocenters. The van der Waals surface area contributed by atoms with Gasteiger partial charge in [-0.1, -0.05) is 23.7 Å². The van der Waals surface area contributed by atoms with Crippen molar-refractivity contribution in [1.29, 1.82) is 0 Å². The first-order chi connectivity index (χ1) is 20.1. The van der Waals surface area contributed by atoms with Crippen molar-refractivity contribution in [2.24, 2.45) is 11.5 Å². The lowest BCUT2D eigenvalue weighted by molar-refractivity contribution is -0.115. The third-order valence-electron chi connectivity index (χ3n) is 7.03. The molecule has 2 aliphatic heterocycles. The number of para-hydroxylation sites is 1. The van der Waals surface area contributed by atoms with Crippen LogP contribution in [0.5, 0.6) is 0 Å². The first-order valence-electron chi connectivity index (χ1n) is 13.7. The summed E-state index contributed by atoms with van der Waals surface area (Å²) in [5.74, 6) is 0.0836. The number of nitrogens with one attached hydrogen (secondary N) is 2. The maximum atomic E-state index is 12.7. The molecule has 2 fully saturated rings. The molecule has 8 N–H and O–H groups in total. The van der Waals surface area contributed by atoms with Gasteiger partial charge in [0, 0.05) is 55.9 Å². The Kier molecular flexibility index (Phi) is 10.7. The number of amides is 1. The molecule has 1 aromatic heterocycles. The lowest BCUT2D eigenvalue weighted by Gasteiger charge is -2.36. The van der Waals surface area contributed by atoms with Crippen LogP contribution in [0.15, 0.2) is 48.5 Å². The van der Waals surface area contributed by atoms with Crippen molar-refractivity contribution in [3.63, 3.8) is 0 Å². The van der Waals surface area contributed by atoms with E-state index < -0.39 is 18.1 Å². The standard InChI is InChI=1S/C28H34ClN9O4.ClH/c29-22-3-1-2-4-23(22)33-25(42)11-24(41)16-5-7-19(8-6-16)32-26-34-27(37-12-17(30)9-18(31)13-37)36-28(35-26)38-14-20(39)10-21(40)15-38;/h1-8,17-18,20-21,39-40H,9-15,30-31H2,(H,33,42)(H,32,34,35,36);1H/t17-,18+,20-,21+;. The van der Waals surface area contributed by atoms with E-state index in [0.29, 0.717) is 53.4 Å². The number of anilines is 5. The summed E-state index contributed by atoms with van der Waals surface area (Å²) in [5.41, 5.74) is 13.8. The van der Waals surface area contributed by atoms with E-state index in [2.05, 4.69) is 25.6 Å². The van der Waals surface area contributed by atoms with E-state index in [1.54, 1.807) is 53.4 Å². The van der Waals surface area contributed by atoms with Crippen molar-refractivity contribution in [2.75, 3.05) is 46.6 Å². The Balaban J connectivity index is 0.00000423. The summed E-state index contributed by atoms with van der Waals surface area (Å²) in [7, 11) is 0. The Morgan fingerprint density at radius 1 is 0.860 bits per heavy atom. The highest BCUT2D eigenvalue weighted by molar-refractivity contribution is 6.33. The van der Waals surface area contributed by atoms with E-state index in [1.165, 1.54) is 0 Å². The van der Waals surface area contributed by atoms with Gasteiger partial charge in [-0.05, 0) is 42.8 Å². The third-order valence-corrected chi connectivity index (χ3v) is 7.36. The van der Waals surface area contributed by atoms with Crippen molar-refractivity contribution in [1.82, 2.24) is 15.0 Å². The molecule has 4 atom stereocenters. The van der Waals surface area contributed by atoms with Gasteiger partial charge in [-0.15, -0.1) is 12.4 Å². The minimum Gasteiger partial charge on any atom is -0.391 e. The number of aromatic nitrogens is 3. The molecule has 0 spiro atoms. The summed E-state index contributed by atoms with van der Waals surface area (Å²) >= 11 is 6.08. The van der Waals surface area contributed by atoms with Gasteiger partial charge in [-0.3, -0.25) is 9.59 Å². The molecule has 43 heavy (non-hydrogen) atoms. The van der Waals surface area contributed by atoms with E-state index in [9.17, 15) is 19.8 Å². The fraction of sp³-hybridized carbons (Fsp3) is 0.393. The first kappa shape index (κ1) is 32.3. The van der Waals surface area contributed by atoms with Gasteiger partial charge in [0.15, 0.2) is 5.78 Å². The summed E-state index contributed by atoms with van der Waals surface area (Å²) in [4.78, 5) is 42.5. The van der Waals surface area contributed by atoms with E-state index >= 15 is 0 Å². The minimum absolute atomic E-state index is 0. The third kappa shape index (κ3) is 8.50. The quantitative estimate of drug-likeness (QED) is 0.156. The Hall–Kier alpha value is -3.59. The number of rotatable bonds is 8. The lowest BCUT2D eigenvalue weighted by atomic mass is 10.0.